The van der Waals surface area contributed by atoms with E-state index in [0.29, 0.717) is 36.9 Å². The molecule has 5 rings (SSSR count). The molecule has 1 fully saturated rings. The zero-order valence-corrected chi connectivity index (χ0v) is 19.3. The smallest absolute Gasteiger partial charge is 0.243 e. The van der Waals surface area contributed by atoms with Crippen LogP contribution in [0.4, 0.5) is 17.3 Å². The van der Waals surface area contributed by atoms with Gasteiger partial charge in [-0.15, -0.1) is 10.2 Å². The Hall–Kier alpha value is -3.82. The summed E-state index contributed by atoms with van der Waals surface area (Å²) in [5.74, 6) is 1.36. The number of hydrogen-bond acceptors (Lipinski definition) is 7. The van der Waals surface area contributed by atoms with Crippen molar-refractivity contribution >= 4 is 27.3 Å². The summed E-state index contributed by atoms with van der Waals surface area (Å²) in [6.45, 7) is 1.88. The Morgan fingerprint density at radius 3 is 2.03 bits per heavy atom. The summed E-state index contributed by atoms with van der Waals surface area (Å²) in [7, 11) is -3.55. The van der Waals surface area contributed by atoms with Crippen LogP contribution < -0.4 is 10.2 Å². The zero-order valence-electron chi connectivity index (χ0n) is 18.4. The van der Waals surface area contributed by atoms with Crippen LogP contribution in [0.5, 0.6) is 0 Å². The lowest BCUT2D eigenvalue weighted by molar-refractivity contribution is 0.383. The fourth-order valence-electron chi connectivity index (χ4n) is 3.90. The Morgan fingerprint density at radius 2 is 1.38 bits per heavy atom. The number of sulfonamides is 1. The van der Waals surface area contributed by atoms with Crippen molar-refractivity contribution in [1.82, 2.24) is 19.5 Å². The number of nitrogens with zero attached hydrogens (tertiary/aromatic N) is 5. The van der Waals surface area contributed by atoms with E-state index in [2.05, 4.69) is 20.5 Å². The highest BCUT2D eigenvalue weighted by atomic mass is 32.2. The van der Waals surface area contributed by atoms with Crippen LogP contribution in [0.2, 0.25) is 0 Å². The maximum Gasteiger partial charge on any atom is 0.243 e. The highest BCUT2D eigenvalue weighted by molar-refractivity contribution is 7.89. The minimum Gasteiger partial charge on any atom is -0.352 e. The summed E-state index contributed by atoms with van der Waals surface area (Å²) in [5.41, 5.74) is 2.93. The molecule has 9 heteroatoms. The summed E-state index contributed by atoms with van der Waals surface area (Å²) in [5, 5.41) is 11.7. The van der Waals surface area contributed by atoms with Gasteiger partial charge in [-0.1, -0.05) is 42.5 Å². The van der Waals surface area contributed by atoms with Crippen LogP contribution in [0.25, 0.3) is 11.1 Å². The molecule has 2 aromatic heterocycles. The molecule has 2 aromatic carbocycles. The lowest BCUT2D eigenvalue weighted by Gasteiger charge is -2.34. The van der Waals surface area contributed by atoms with E-state index >= 15 is 0 Å². The maximum atomic E-state index is 13.2. The molecular weight excluding hydrogens is 448 g/mol. The average Bonchev–Trinajstić information content (AvgIpc) is 2.90. The van der Waals surface area contributed by atoms with Gasteiger partial charge in [0.1, 0.15) is 0 Å². The molecule has 0 bridgehead atoms. The van der Waals surface area contributed by atoms with E-state index < -0.39 is 10.0 Å². The Labute approximate surface area is 199 Å². The van der Waals surface area contributed by atoms with Crippen molar-refractivity contribution in [3.63, 3.8) is 0 Å². The van der Waals surface area contributed by atoms with Crippen LogP contribution >= 0.6 is 0 Å². The SMILES string of the molecule is O=S(=O)(c1ccc(-c2ccccc2)cc1)N1CCN(c2ccc(Nc3ccncc3)nn2)CC1. The quantitative estimate of drug-likeness (QED) is 0.456. The Morgan fingerprint density at radius 1 is 0.706 bits per heavy atom. The predicted octanol–water partition coefficient (Wildman–Crippen LogP) is 3.79. The molecule has 0 amide bonds. The van der Waals surface area contributed by atoms with Crippen molar-refractivity contribution in [3.8, 4) is 11.1 Å². The fourth-order valence-corrected chi connectivity index (χ4v) is 5.32. The summed E-state index contributed by atoms with van der Waals surface area (Å²) >= 11 is 0. The number of pyridine rings is 1. The number of hydrogen-bond donors (Lipinski definition) is 1. The van der Waals surface area contributed by atoms with Gasteiger partial charge in [0.15, 0.2) is 11.6 Å². The van der Waals surface area contributed by atoms with Gasteiger partial charge in [-0.05, 0) is 47.5 Å². The largest absolute Gasteiger partial charge is 0.352 e. The molecule has 0 unspecified atom stereocenters. The molecular formula is C25H24N6O2S. The number of benzene rings is 2. The van der Waals surface area contributed by atoms with Crippen LogP contribution in [0.3, 0.4) is 0 Å². The first kappa shape index (κ1) is 22.0. The summed E-state index contributed by atoms with van der Waals surface area (Å²) in [6.07, 6.45) is 3.41. The minimum atomic E-state index is -3.55. The fraction of sp³-hybridized carbons (Fsp3) is 0.160. The van der Waals surface area contributed by atoms with Gasteiger partial charge in [-0.3, -0.25) is 4.98 Å². The number of anilines is 3. The highest BCUT2D eigenvalue weighted by Crippen LogP contribution is 2.24. The van der Waals surface area contributed by atoms with Crippen LogP contribution in [0.15, 0.2) is 96.2 Å². The van der Waals surface area contributed by atoms with Gasteiger partial charge in [0.05, 0.1) is 4.90 Å². The monoisotopic (exact) mass is 472 g/mol. The molecule has 0 spiro atoms. The number of aromatic nitrogens is 3. The van der Waals surface area contributed by atoms with Gasteiger partial charge in [0.2, 0.25) is 10.0 Å². The Bertz CT molecular complexity index is 1320. The molecule has 1 aliphatic heterocycles. The molecule has 1 saturated heterocycles. The predicted molar refractivity (Wildman–Crippen MR) is 132 cm³/mol. The van der Waals surface area contributed by atoms with Crippen molar-refractivity contribution < 1.29 is 8.42 Å². The summed E-state index contributed by atoms with van der Waals surface area (Å²) in [6, 6.07) is 24.4. The Kier molecular flexibility index (Phi) is 6.20. The van der Waals surface area contributed by atoms with Gasteiger partial charge >= 0.3 is 0 Å². The molecule has 0 radical (unpaired) electrons. The molecule has 1 N–H and O–H groups in total. The standard InChI is InChI=1S/C25H24N6O2S/c32-34(33,23-8-6-21(7-9-23)20-4-2-1-3-5-20)31-18-16-30(17-19-31)25-11-10-24(28-29-25)27-22-12-14-26-15-13-22/h1-15H,16-19H2,(H,26,27,28). The van der Waals surface area contributed by atoms with E-state index in [0.717, 1.165) is 22.6 Å². The van der Waals surface area contributed by atoms with Gasteiger partial charge < -0.3 is 10.2 Å². The van der Waals surface area contributed by atoms with Gasteiger partial charge in [0.25, 0.3) is 0 Å². The van der Waals surface area contributed by atoms with Crippen molar-refractivity contribution in [2.45, 2.75) is 4.90 Å². The average molecular weight is 473 g/mol. The van der Waals surface area contributed by atoms with Crippen molar-refractivity contribution in [3.05, 3.63) is 91.3 Å². The molecule has 8 nitrogen and oxygen atoms in total. The first-order valence-electron chi connectivity index (χ1n) is 11.0. The summed E-state index contributed by atoms with van der Waals surface area (Å²) in [4.78, 5) is 6.35. The molecule has 0 saturated carbocycles. The van der Waals surface area contributed by atoms with E-state index in [-0.39, 0.29) is 0 Å². The normalized spacial score (nSPS) is 14.6. The van der Waals surface area contributed by atoms with Crippen LogP contribution in [0.1, 0.15) is 0 Å². The first-order chi connectivity index (χ1) is 16.6. The number of piperazine rings is 1. The van der Waals surface area contributed by atoms with Gasteiger partial charge in [-0.25, -0.2) is 8.42 Å². The van der Waals surface area contributed by atoms with Crippen LogP contribution in [-0.2, 0) is 10.0 Å². The van der Waals surface area contributed by atoms with E-state index in [9.17, 15) is 8.42 Å². The lowest BCUT2D eigenvalue weighted by atomic mass is 10.1. The third-order valence-corrected chi connectivity index (χ3v) is 7.68. The second kappa shape index (κ2) is 9.58. The topological polar surface area (TPSA) is 91.3 Å². The van der Waals surface area contributed by atoms with E-state index in [1.165, 1.54) is 4.31 Å². The van der Waals surface area contributed by atoms with Crippen LogP contribution in [-0.4, -0.2) is 54.1 Å². The third-order valence-electron chi connectivity index (χ3n) is 5.77. The van der Waals surface area contributed by atoms with Gasteiger partial charge in [0, 0.05) is 44.3 Å². The second-order valence-corrected chi connectivity index (χ2v) is 9.86. The number of rotatable bonds is 6. The van der Waals surface area contributed by atoms with Crippen molar-refractivity contribution in [2.75, 3.05) is 36.4 Å². The first-order valence-corrected chi connectivity index (χ1v) is 12.4. The molecule has 1 aliphatic rings. The summed E-state index contributed by atoms with van der Waals surface area (Å²) < 4.78 is 27.9. The van der Waals surface area contributed by atoms with Crippen molar-refractivity contribution in [2.24, 2.45) is 0 Å². The van der Waals surface area contributed by atoms with E-state index in [1.807, 2.05) is 71.6 Å². The van der Waals surface area contributed by atoms with Gasteiger partial charge in [-0.2, -0.15) is 4.31 Å². The highest BCUT2D eigenvalue weighted by Gasteiger charge is 2.29. The van der Waals surface area contributed by atoms with E-state index in [4.69, 9.17) is 0 Å². The molecule has 4 aromatic rings. The molecule has 172 valence electrons. The van der Waals surface area contributed by atoms with Crippen molar-refractivity contribution in [1.29, 1.82) is 0 Å². The third kappa shape index (κ3) is 4.75. The Balaban J connectivity index is 1.21. The molecule has 0 aliphatic carbocycles. The maximum absolute atomic E-state index is 13.2. The molecule has 3 heterocycles. The number of nitrogens with one attached hydrogen (secondary N) is 1. The second-order valence-electron chi connectivity index (χ2n) is 7.92. The molecule has 0 atom stereocenters. The zero-order chi connectivity index (χ0) is 23.4. The molecule has 34 heavy (non-hydrogen) atoms. The van der Waals surface area contributed by atoms with Crippen LogP contribution in [0, 0.1) is 0 Å². The minimum absolute atomic E-state index is 0.312. The van der Waals surface area contributed by atoms with E-state index in [1.54, 1.807) is 24.5 Å². The lowest BCUT2D eigenvalue weighted by Crippen LogP contribution is -2.48.